The average molecular weight is 438 g/mol. The molecule has 1 saturated carbocycles. The van der Waals surface area contributed by atoms with E-state index in [0.29, 0.717) is 30.6 Å². The van der Waals surface area contributed by atoms with E-state index in [1.807, 2.05) is 12.1 Å². The van der Waals surface area contributed by atoms with Crippen LogP contribution in [0.25, 0.3) is 0 Å². The fourth-order valence-corrected chi connectivity index (χ4v) is 6.92. The number of carbonyl (C=O) groups excluding carboxylic acids is 3. The molecule has 8 heteroatoms. The molecule has 4 aliphatic heterocycles. The maximum absolute atomic E-state index is 13.2. The summed E-state index contributed by atoms with van der Waals surface area (Å²) in [6, 6.07) is 6.53. The molecule has 0 aromatic heterocycles. The first-order chi connectivity index (χ1) is 15.4. The van der Waals surface area contributed by atoms with Gasteiger partial charge in [0.2, 0.25) is 11.8 Å². The van der Waals surface area contributed by atoms with E-state index in [-0.39, 0.29) is 29.7 Å². The highest BCUT2D eigenvalue weighted by Gasteiger charge is 2.56. The third-order valence-electron chi connectivity index (χ3n) is 8.47. The first-order valence-corrected chi connectivity index (χ1v) is 12.0. The largest absolute Gasteiger partial charge is 0.328 e. The molecule has 5 aliphatic rings. The molecule has 6 rings (SSSR count). The number of piperidine rings is 1. The predicted octanol–water partition coefficient (Wildman–Crippen LogP) is 0.588. The number of imide groups is 1. The van der Waals surface area contributed by atoms with Gasteiger partial charge in [0.25, 0.3) is 5.91 Å². The van der Waals surface area contributed by atoms with E-state index in [1.54, 1.807) is 4.90 Å². The van der Waals surface area contributed by atoms with Gasteiger partial charge in [-0.05, 0) is 55.8 Å². The third kappa shape index (κ3) is 3.03. The molecule has 8 nitrogen and oxygen atoms in total. The zero-order valence-corrected chi connectivity index (χ0v) is 18.4. The number of benzene rings is 1. The third-order valence-corrected chi connectivity index (χ3v) is 8.47. The minimum absolute atomic E-state index is 0.0997. The summed E-state index contributed by atoms with van der Waals surface area (Å²) in [5.74, 6) is -0.720. The van der Waals surface area contributed by atoms with Crippen molar-refractivity contribution in [2.24, 2.45) is 5.73 Å². The molecule has 3 amide bonds. The van der Waals surface area contributed by atoms with Crippen molar-refractivity contribution in [3.05, 3.63) is 34.9 Å². The number of hydrogen-bond donors (Lipinski definition) is 2. The Labute approximate surface area is 188 Å². The number of piperazine rings is 1. The Morgan fingerprint density at radius 2 is 1.94 bits per heavy atom. The second-order valence-corrected chi connectivity index (χ2v) is 10.3. The number of fused-ring (bicyclic) bond motifs is 3. The Hall–Kier alpha value is -2.29. The van der Waals surface area contributed by atoms with Gasteiger partial charge in [-0.15, -0.1) is 0 Å². The summed E-state index contributed by atoms with van der Waals surface area (Å²) in [5.41, 5.74) is 9.26. The Morgan fingerprint density at radius 1 is 1.09 bits per heavy atom. The molecule has 1 aromatic rings. The van der Waals surface area contributed by atoms with Crippen LogP contribution in [-0.2, 0) is 22.7 Å². The second-order valence-electron chi connectivity index (χ2n) is 10.3. The molecule has 1 spiro atoms. The Morgan fingerprint density at radius 3 is 2.72 bits per heavy atom. The van der Waals surface area contributed by atoms with Crippen LogP contribution < -0.4 is 11.1 Å². The van der Waals surface area contributed by atoms with E-state index in [1.165, 1.54) is 19.4 Å². The normalized spacial score (nSPS) is 35.1. The minimum Gasteiger partial charge on any atom is -0.328 e. The minimum atomic E-state index is -0.564. The Bertz CT molecular complexity index is 988. The molecule has 0 radical (unpaired) electrons. The molecule has 1 aromatic carbocycles. The van der Waals surface area contributed by atoms with Gasteiger partial charge in [0.15, 0.2) is 0 Å². The highest BCUT2D eigenvalue weighted by Crippen LogP contribution is 2.48. The number of amides is 3. The number of carbonyl (C=O) groups is 3. The van der Waals surface area contributed by atoms with Crippen LogP contribution in [0.3, 0.4) is 0 Å². The topological polar surface area (TPSA) is 99.0 Å². The van der Waals surface area contributed by atoms with Crippen molar-refractivity contribution in [2.75, 3.05) is 19.6 Å². The van der Waals surface area contributed by atoms with Gasteiger partial charge >= 0.3 is 0 Å². The Kier molecular flexibility index (Phi) is 4.68. The SMILES string of the molecule is NC1CC2(C1)C1CCCN1CCN2Cc1ccc2c(c1)C(=O)N(C1CCC(=O)NC1=O)C2. The summed E-state index contributed by atoms with van der Waals surface area (Å²) in [6.45, 7) is 4.61. The lowest BCUT2D eigenvalue weighted by molar-refractivity contribution is -0.136. The molecule has 3 N–H and O–H groups in total. The van der Waals surface area contributed by atoms with Crippen LogP contribution in [0.1, 0.15) is 60.0 Å². The monoisotopic (exact) mass is 437 g/mol. The zero-order chi connectivity index (χ0) is 22.0. The first kappa shape index (κ1) is 20.3. The number of hydrogen-bond acceptors (Lipinski definition) is 6. The van der Waals surface area contributed by atoms with Crippen LogP contribution in [0.15, 0.2) is 18.2 Å². The molecular weight excluding hydrogens is 406 g/mol. The molecule has 4 fully saturated rings. The van der Waals surface area contributed by atoms with Crippen molar-refractivity contribution in [3.63, 3.8) is 0 Å². The van der Waals surface area contributed by atoms with Crippen molar-refractivity contribution in [1.29, 1.82) is 0 Å². The van der Waals surface area contributed by atoms with Crippen molar-refractivity contribution in [1.82, 2.24) is 20.0 Å². The Balaban J connectivity index is 1.21. The number of rotatable bonds is 3. The smallest absolute Gasteiger partial charge is 0.255 e. The molecule has 170 valence electrons. The predicted molar refractivity (Wildman–Crippen MR) is 117 cm³/mol. The average Bonchev–Trinajstić information content (AvgIpc) is 3.34. The van der Waals surface area contributed by atoms with Crippen LogP contribution in [0, 0.1) is 0 Å². The van der Waals surface area contributed by atoms with Crippen LogP contribution in [-0.4, -0.2) is 75.7 Å². The summed E-state index contributed by atoms with van der Waals surface area (Å²) >= 11 is 0. The lowest BCUT2D eigenvalue weighted by atomic mass is 9.65. The highest BCUT2D eigenvalue weighted by atomic mass is 16.2. The molecule has 2 unspecified atom stereocenters. The lowest BCUT2D eigenvalue weighted by Crippen LogP contribution is -2.73. The van der Waals surface area contributed by atoms with Crippen LogP contribution >= 0.6 is 0 Å². The van der Waals surface area contributed by atoms with E-state index >= 15 is 0 Å². The molecule has 1 aliphatic carbocycles. The molecule has 4 heterocycles. The molecule has 3 saturated heterocycles. The van der Waals surface area contributed by atoms with Gasteiger partial charge < -0.3 is 10.6 Å². The van der Waals surface area contributed by atoms with Gasteiger partial charge in [0.1, 0.15) is 6.04 Å². The fourth-order valence-electron chi connectivity index (χ4n) is 6.92. The quantitative estimate of drug-likeness (QED) is 0.672. The summed E-state index contributed by atoms with van der Waals surface area (Å²) < 4.78 is 0. The number of nitrogens with two attached hydrogens (primary N) is 1. The van der Waals surface area contributed by atoms with Gasteiger partial charge in [0, 0.05) is 55.8 Å². The standard InChI is InChI=1S/C24H31N5O3/c25-17-11-24(12-17)20-2-1-7-27(20)8-9-28(24)13-15-3-4-16-14-29(23(32)18(16)10-15)19-5-6-21(30)26-22(19)31/h3-4,10,17,19-20H,1-2,5-9,11-14,25H2,(H,26,30,31). The summed E-state index contributed by atoms with van der Waals surface area (Å²) in [4.78, 5) is 43.9. The van der Waals surface area contributed by atoms with Crippen LogP contribution in [0.5, 0.6) is 0 Å². The maximum atomic E-state index is 13.2. The van der Waals surface area contributed by atoms with Crippen LogP contribution in [0.2, 0.25) is 0 Å². The van der Waals surface area contributed by atoms with Gasteiger partial charge in [-0.25, -0.2) is 0 Å². The van der Waals surface area contributed by atoms with E-state index in [0.717, 1.165) is 43.6 Å². The van der Waals surface area contributed by atoms with E-state index in [2.05, 4.69) is 21.2 Å². The van der Waals surface area contributed by atoms with Gasteiger partial charge in [-0.2, -0.15) is 0 Å². The molecule has 2 atom stereocenters. The summed E-state index contributed by atoms with van der Waals surface area (Å²) in [7, 11) is 0. The van der Waals surface area contributed by atoms with Crippen molar-refractivity contribution in [2.45, 2.75) is 75.3 Å². The second kappa shape index (κ2) is 7.37. The van der Waals surface area contributed by atoms with Gasteiger partial charge in [-0.3, -0.25) is 29.5 Å². The van der Waals surface area contributed by atoms with E-state index in [9.17, 15) is 14.4 Å². The zero-order valence-electron chi connectivity index (χ0n) is 18.4. The molecular formula is C24H31N5O3. The van der Waals surface area contributed by atoms with Crippen molar-refractivity contribution < 1.29 is 14.4 Å². The molecule has 0 bridgehead atoms. The lowest BCUT2D eigenvalue weighted by Gasteiger charge is -2.61. The van der Waals surface area contributed by atoms with E-state index in [4.69, 9.17) is 5.73 Å². The van der Waals surface area contributed by atoms with E-state index < -0.39 is 6.04 Å². The fraction of sp³-hybridized carbons (Fsp3) is 0.625. The summed E-state index contributed by atoms with van der Waals surface area (Å²) in [6.07, 6.45) is 5.32. The van der Waals surface area contributed by atoms with Crippen molar-refractivity contribution in [3.8, 4) is 0 Å². The number of nitrogens with one attached hydrogen (secondary N) is 1. The summed E-state index contributed by atoms with van der Waals surface area (Å²) in [5, 5.41) is 2.37. The molecule has 32 heavy (non-hydrogen) atoms. The van der Waals surface area contributed by atoms with Crippen LogP contribution in [0.4, 0.5) is 0 Å². The van der Waals surface area contributed by atoms with Crippen molar-refractivity contribution >= 4 is 17.7 Å². The maximum Gasteiger partial charge on any atom is 0.255 e. The highest BCUT2D eigenvalue weighted by molar-refractivity contribution is 6.05. The van der Waals surface area contributed by atoms with Gasteiger partial charge in [0.05, 0.1) is 0 Å². The number of nitrogens with zero attached hydrogens (tertiary/aromatic N) is 3. The first-order valence-electron chi connectivity index (χ1n) is 12.0. The van der Waals surface area contributed by atoms with Gasteiger partial charge in [-0.1, -0.05) is 12.1 Å².